The summed E-state index contributed by atoms with van der Waals surface area (Å²) in [7, 11) is 0.0118. The van der Waals surface area contributed by atoms with Crippen LogP contribution in [0, 0.1) is 0 Å². The van der Waals surface area contributed by atoms with Gasteiger partial charge in [0.2, 0.25) is 0 Å². The molecule has 19 heavy (non-hydrogen) atoms. The molecule has 0 unspecified atom stereocenters. The molecule has 1 heterocycles. The molecule has 3 N–H and O–H groups in total. The van der Waals surface area contributed by atoms with Crippen molar-refractivity contribution < 1.29 is 15.1 Å². The lowest BCUT2D eigenvalue weighted by molar-refractivity contribution is 0.0754. The summed E-state index contributed by atoms with van der Waals surface area (Å²) in [5, 5.41) is 21.5. The molecule has 0 aliphatic carbocycles. The number of unbranched alkanes of at least 4 members (excludes halogenated alkanes) is 3. The molecular weight excluding hydrogens is 243 g/mol. The van der Waals surface area contributed by atoms with Crippen molar-refractivity contribution in [3.63, 3.8) is 0 Å². The zero-order valence-electron chi connectivity index (χ0n) is 12.9. The Balaban J connectivity index is 0.000000711. The molecule has 1 aliphatic rings. The van der Waals surface area contributed by atoms with Gasteiger partial charge in [0.1, 0.15) is 5.66 Å². The Bertz CT molecular complexity index is 280. The van der Waals surface area contributed by atoms with Crippen molar-refractivity contribution in [3.8, 4) is 0 Å². The van der Waals surface area contributed by atoms with Gasteiger partial charge in [-0.3, -0.25) is 0 Å². The van der Waals surface area contributed by atoms with Crippen molar-refractivity contribution >= 4 is 7.32 Å². The highest BCUT2D eigenvalue weighted by Crippen LogP contribution is 2.30. The minimum Gasteiger partial charge on any atom is -0.402 e. The van der Waals surface area contributed by atoms with Crippen LogP contribution in [0.2, 0.25) is 0 Å². The van der Waals surface area contributed by atoms with E-state index >= 15 is 0 Å². The maximum Gasteiger partial charge on any atom is 0.631 e. The van der Waals surface area contributed by atoms with E-state index in [0.29, 0.717) is 0 Å². The minimum atomic E-state index is -2.17. The monoisotopic (exact) mass is 272 g/mol. The second-order valence-corrected chi connectivity index (χ2v) is 5.42. The number of rotatable bonds is 5. The Kier molecular flexibility index (Phi) is 8.14. The number of allylic oxidation sites excluding steroid dienone is 1. The maximum atomic E-state index is 7.17. The molecule has 0 radical (unpaired) electrons. The van der Waals surface area contributed by atoms with Crippen molar-refractivity contribution in [3.05, 3.63) is 11.9 Å². The van der Waals surface area contributed by atoms with Crippen molar-refractivity contribution in [1.29, 1.82) is 0 Å². The zero-order valence-corrected chi connectivity index (χ0v) is 12.9. The molecule has 1 rings (SSSR count). The molecule has 112 valence electrons. The first-order valence-corrected chi connectivity index (χ1v) is 6.96. The summed E-state index contributed by atoms with van der Waals surface area (Å²) in [5.74, 6) is 0. The first-order valence-electron chi connectivity index (χ1n) is 6.96. The second kappa shape index (κ2) is 8.45. The Morgan fingerprint density at radius 1 is 1.16 bits per heavy atom. The van der Waals surface area contributed by atoms with Gasteiger partial charge in [-0.1, -0.05) is 26.2 Å². The van der Waals surface area contributed by atoms with Crippen LogP contribution in [-0.2, 0) is 0 Å². The molecular formula is C13H29BN2O3. The van der Waals surface area contributed by atoms with Gasteiger partial charge in [-0.15, -0.1) is 0 Å². The van der Waals surface area contributed by atoms with Gasteiger partial charge >= 0.3 is 7.32 Å². The van der Waals surface area contributed by atoms with Crippen LogP contribution in [0.1, 0.15) is 53.4 Å². The highest BCUT2D eigenvalue weighted by atomic mass is 16.5. The molecule has 0 atom stereocenters. The lowest BCUT2D eigenvalue weighted by atomic mass is 10.1. The lowest BCUT2D eigenvalue weighted by Gasteiger charge is -2.39. The van der Waals surface area contributed by atoms with Gasteiger partial charge in [0.15, 0.2) is 0 Å². The summed E-state index contributed by atoms with van der Waals surface area (Å²) >= 11 is 0. The molecule has 0 amide bonds. The predicted octanol–water partition coefficient (Wildman–Crippen LogP) is 1.36. The average Bonchev–Trinajstić information content (AvgIpc) is 2.48. The standard InChI is InChI=1S/C13H26N2.BH3O3/c1-6-7-8-9-10-15-11-12(2)14(5)13(15,3)4;2-1(3)4/h11H,6-10H2,1-5H3;2-4H. The number of hydrogen-bond acceptors (Lipinski definition) is 5. The highest BCUT2D eigenvalue weighted by molar-refractivity contribution is 6.30. The van der Waals surface area contributed by atoms with Crippen molar-refractivity contribution in [1.82, 2.24) is 9.80 Å². The topological polar surface area (TPSA) is 67.2 Å². The van der Waals surface area contributed by atoms with E-state index in [9.17, 15) is 0 Å². The first kappa shape index (κ1) is 18.3. The Morgan fingerprint density at radius 3 is 2.05 bits per heavy atom. The van der Waals surface area contributed by atoms with Crippen LogP contribution in [0.25, 0.3) is 0 Å². The second-order valence-electron chi connectivity index (χ2n) is 5.42. The highest BCUT2D eigenvalue weighted by Gasteiger charge is 2.34. The molecule has 0 saturated heterocycles. The van der Waals surface area contributed by atoms with Crippen LogP contribution in [0.4, 0.5) is 0 Å². The van der Waals surface area contributed by atoms with Crippen LogP contribution in [-0.4, -0.2) is 51.4 Å². The third-order valence-corrected chi connectivity index (χ3v) is 3.65. The van der Waals surface area contributed by atoms with E-state index in [1.807, 2.05) is 0 Å². The minimum absolute atomic E-state index is 0.163. The summed E-state index contributed by atoms with van der Waals surface area (Å²) in [5.41, 5.74) is 1.53. The summed E-state index contributed by atoms with van der Waals surface area (Å²) in [6, 6.07) is 0. The Morgan fingerprint density at radius 2 is 1.68 bits per heavy atom. The molecule has 0 aromatic carbocycles. The van der Waals surface area contributed by atoms with E-state index < -0.39 is 7.32 Å². The Labute approximate surface area is 117 Å². The summed E-state index contributed by atoms with van der Waals surface area (Å²) in [4.78, 5) is 4.82. The van der Waals surface area contributed by atoms with Crippen molar-refractivity contribution in [2.45, 2.75) is 59.0 Å². The van der Waals surface area contributed by atoms with Gasteiger partial charge in [0.05, 0.1) is 0 Å². The van der Waals surface area contributed by atoms with E-state index in [1.54, 1.807) is 0 Å². The van der Waals surface area contributed by atoms with Crippen molar-refractivity contribution in [2.75, 3.05) is 13.6 Å². The number of nitrogens with zero attached hydrogens (tertiary/aromatic N) is 2. The van der Waals surface area contributed by atoms with E-state index in [0.717, 1.165) is 0 Å². The normalized spacial score (nSPS) is 16.9. The third kappa shape index (κ3) is 6.32. The van der Waals surface area contributed by atoms with E-state index in [2.05, 4.69) is 50.7 Å². The molecule has 6 heteroatoms. The zero-order chi connectivity index (χ0) is 15.1. The fourth-order valence-electron chi connectivity index (χ4n) is 2.14. The average molecular weight is 272 g/mol. The van der Waals surface area contributed by atoms with Crippen LogP contribution in [0.3, 0.4) is 0 Å². The molecule has 1 aliphatic heterocycles. The predicted molar refractivity (Wildman–Crippen MR) is 78.9 cm³/mol. The molecule has 0 aromatic rings. The third-order valence-electron chi connectivity index (χ3n) is 3.65. The van der Waals surface area contributed by atoms with Crippen LogP contribution >= 0.6 is 0 Å². The van der Waals surface area contributed by atoms with Gasteiger partial charge < -0.3 is 24.9 Å². The molecule has 0 aromatic heterocycles. The summed E-state index contributed by atoms with van der Waals surface area (Å²) in [6.45, 7) is 10.2. The van der Waals surface area contributed by atoms with Gasteiger partial charge in [0.25, 0.3) is 0 Å². The molecule has 5 nitrogen and oxygen atoms in total. The maximum absolute atomic E-state index is 7.17. The van der Waals surface area contributed by atoms with Crippen LogP contribution < -0.4 is 0 Å². The molecule has 0 fully saturated rings. The quantitative estimate of drug-likeness (QED) is 0.521. The van der Waals surface area contributed by atoms with Gasteiger partial charge in [-0.05, 0) is 27.2 Å². The van der Waals surface area contributed by atoms with Gasteiger partial charge in [0, 0.05) is 25.5 Å². The van der Waals surface area contributed by atoms with E-state index in [4.69, 9.17) is 15.1 Å². The fraction of sp³-hybridized carbons (Fsp3) is 0.846. The number of hydrogen-bond donors (Lipinski definition) is 3. The Hall–Kier alpha value is -0.715. The molecule has 0 bridgehead atoms. The van der Waals surface area contributed by atoms with Gasteiger partial charge in [-0.25, -0.2) is 0 Å². The molecule has 0 saturated carbocycles. The summed E-state index contributed by atoms with van der Waals surface area (Å²) < 4.78 is 0. The summed E-state index contributed by atoms with van der Waals surface area (Å²) in [6.07, 6.45) is 7.66. The first-order chi connectivity index (χ1) is 8.73. The van der Waals surface area contributed by atoms with E-state index in [-0.39, 0.29) is 5.66 Å². The molecule has 0 spiro atoms. The van der Waals surface area contributed by atoms with E-state index in [1.165, 1.54) is 37.9 Å². The smallest absolute Gasteiger partial charge is 0.402 e. The van der Waals surface area contributed by atoms with Gasteiger partial charge in [-0.2, -0.15) is 0 Å². The lowest BCUT2D eigenvalue weighted by Crippen LogP contribution is -2.47. The fourth-order valence-corrected chi connectivity index (χ4v) is 2.14. The van der Waals surface area contributed by atoms with Crippen molar-refractivity contribution in [2.24, 2.45) is 0 Å². The van der Waals surface area contributed by atoms with Crippen LogP contribution in [0.15, 0.2) is 11.9 Å². The largest absolute Gasteiger partial charge is 0.631 e. The van der Waals surface area contributed by atoms with Crippen LogP contribution in [0.5, 0.6) is 0 Å². The SMILES string of the molecule is CCCCCCN1C=C(C)N(C)C1(C)C.OB(O)O.